The number of hydrogen-bond donors (Lipinski definition) is 2. The number of benzene rings is 1. The van der Waals surface area contributed by atoms with Crippen LogP contribution in [0.1, 0.15) is 43.6 Å². The molecule has 1 amide bonds. The summed E-state index contributed by atoms with van der Waals surface area (Å²) in [6.45, 7) is 8.91. The minimum Gasteiger partial charge on any atom is -0.409 e. The summed E-state index contributed by atoms with van der Waals surface area (Å²) < 4.78 is 0. The molecule has 20 heavy (non-hydrogen) atoms. The summed E-state index contributed by atoms with van der Waals surface area (Å²) in [6.07, 6.45) is 0. The van der Waals surface area contributed by atoms with Gasteiger partial charge in [0.15, 0.2) is 5.84 Å². The summed E-state index contributed by atoms with van der Waals surface area (Å²) in [7, 11) is 0. The van der Waals surface area contributed by atoms with E-state index >= 15 is 0 Å². The Labute approximate surface area is 120 Å². The molecule has 0 bridgehead atoms. The second-order valence-corrected chi connectivity index (χ2v) is 5.51. The standard InChI is InChI=1S/C15H23N3O2/c1-10(2)9-18(11(3)4)15(19)13-7-5-12(6-8-13)14(16)17-20/h5-8,10-11,20H,9H2,1-4H3,(H2,16,17). The summed E-state index contributed by atoms with van der Waals surface area (Å²) >= 11 is 0. The third-order valence-corrected chi connectivity index (χ3v) is 2.98. The quantitative estimate of drug-likeness (QED) is 0.375. The molecule has 0 aliphatic rings. The number of amides is 1. The van der Waals surface area contributed by atoms with Gasteiger partial charge >= 0.3 is 0 Å². The van der Waals surface area contributed by atoms with E-state index in [4.69, 9.17) is 10.9 Å². The molecule has 0 unspecified atom stereocenters. The summed E-state index contributed by atoms with van der Waals surface area (Å²) in [6, 6.07) is 6.90. The van der Waals surface area contributed by atoms with E-state index < -0.39 is 0 Å². The number of nitrogens with two attached hydrogens (primary N) is 1. The van der Waals surface area contributed by atoms with Gasteiger partial charge in [0.2, 0.25) is 0 Å². The Hall–Kier alpha value is -2.04. The van der Waals surface area contributed by atoms with E-state index in [9.17, 15) is 4.79 Å². The number of oxime groups is 1. The van der Waals surface area contributed by atoms with Gasteiger partial charge in [0.05, 0.1) is 0 Å². The predicted molar refractivity (Wildman–Crippen MR) is 80.0 cm³/mol. The van der Waals surface area contributed by atoms with Crippen molar-refractivity contribution in [2.45, 2.75) is 33.7 Å². The molecule has 5 nitrogen and oxygen atoms in total. The molecule has 0 spiro atoms. The van der Waals surface area contributed by atoms with Crippen molar-refractivity contribution in [3.05, 3.63) is 35.4 Å². The van der Waals surface area contributed by atoms with Gasteiger partial charge in [-0.25, -0.2) is 0 Å². The van der Waals surface area contributed by atoms with E-state index in [1.807, 2.05) is 18.7 Å². The Morgan fingerprint density at radius 1 is 1.20 bits per heavy atom. The van der Waals surface area contributed by atoms with Gasteiger partial charge in [0.25, 0.3) is 5.91 Å². The van der Waals surface area contributed by atoms with Gasteiger partial charge in [-0.05, 0) is 31.9 Å². The summed E-state index contributed by atoms with van der Waals surface area (Å²) in [5, 5.41) is 11.5. The average Bonchev–Trinajstić information content (AvgIpc) is 2.43. The van der Waals surface area contributed by atoms with Crippen LogP contribution in [0, 0.1) is 5.92 Å². The summed E-state index contributed by atoms with van der Waals surface area (Å²) in [4.78, 5) is 14.3. The summed E-state index contributed by atoms with van der Waals surface area (Å²) in [5.74, 6) is 0.449. The molecule has 110 valence electrons. The molecule has 0 fully saturated rings. The minimum atomic E-state index is -0.000223. The van der Waals surface area contributed by atoms with E-state index in [1.54, 1.807) is 24.3 Å². The number of rotatable bonds is 5. The van der Waals surface area contributed by atoms with Crippen molar-refractivity contribution in [2.24, 2.45) is 16.8 Å². The molecular formula is C15H23N3O2. The van der Waals surface area contributed by atoms with Crippen LogP contribution in [0.4, 0.5) is 0 Å². The van der Waals surface area contributed by atoms with E-state index in [-0.39, 0.29) is 17.8 Å². The fourth-order valence-electron chi connectivity index (χ4n) is 1.93. The lowest BCUT2D eigenvalue weighted by molar-refractivity contribution is 0.0682. The van der Waals surface area contributed by atoms with Gasteiger partial charge in [-0.2, -0.15) is 0 Å². The smallest absolute Gasteiger partial charge is 0.254 e. The average molecular weight is 277 g/mol. The lowest BCUT2D eigenvalue weighted by atomic mass is 10.1. The zero-order valence-electron chi connectivity index (χ0n) is 12.5. The molecule has 0 saturated heterocycles. The van der Waals surface area contributed by atoms with Crippen molar-refractivity contribution in [3.8, 4) is 0 Å². The normalized spacial score (nSPS) is 12.0. The molecule has 0 aliphatic carbocycles. The van der Waals surface area contributed by atoms with Crippen molar-refractivity contribution in [3.63, 3.8) is 0 Å². The van der Waals surface area contributed by atoms with Gasteiger partial charge < -0.3 is 15.8 Å². The van der Waals surface area contributed by atoms with Gasteiger partial charge in [0.1, 0.15) is 0 Å². The fourth-order valence-corrected chi connectivity index (χ4v) is 1.93. The zero-order valence-corrected chi connectivity index (χ0v) is 12.5. The Bertz CT molecular complexity index is 478. The van der Waals surface area contributed by atoms with Crippen LogP contribution in [0.2, 0.25) is 0 Å². The molecule has 1 aromatic rings. The number of carbonyl (C=O) groups excluding carboxylic acids is 1. The molecule has 0 aromatic heterocycles. The van der Waals surface area contributed by atoms with Crippen LogP contribution in [0.25, 0.3) is 0 Å². The number of nitrogens with zero attached hydrogens (tertiary/aromatic N) is 2. The molecule has 0 heterocycles. The largest absolute Gasteiger partial charge is 0.409 e. The molecule has 0 radical (unpaired) electrons. The van der Waals surface area contributed by atoms with Crippen LogP contribution >= 0.6 is 0 Å². The van der Waals surface area contributed by atoms with Gasteiger partial charge in [-0.3, -0.25) is 4.79 Å². The van der Waals surface area contributed by atoms with Crippen LogP contribution < -0.4 is 5.73 Å². The first-order valence-electron chi connectivity index (χ1n) is 6.75. The third kappa shape index (κ3) is 3.98. The molecule has 1 aromatic carbocycles. The van der Waals surface area contributed by atoms with E-state index in [1.165, 1.54) is 0 Å². The van der Waals surface area contributed by atoms with E-state index in [0.29, 0.717) is 17.0 Å². The van der Waals surface area contributed by atoms with Gasteiger partial charge in [-0.15, -0.1) is 0 Å². The van der Waals surface area contributed by atoms with Crippen molar-refractivity contribution in [1.82, 2.24) is 4.90 Å². The minimum absolute atomic E-state index is 0.000223. The van der Waals surface area contributed by atoms with E-state index in [2.05, 4.69) is 19.0 Å². The lowest BCUT2D eigenvalue weighted by Gasteiger charge is -2.28. The first kappa shape index (κ1) is 16.0. The van der Waals surface area contributed by atoms with Crippen molar-refractivity contribution < 1.29 is 10.0 Å². The highest BCUT2D eigenvalue weighted by atomic mass is 16.4. The Kier molecular flexibility index (Phi) is 5.55. The third-order valence-electron chi connectivity index (χ3n) is 2.98. The number of amidine groups is 1. The molecule has 0 saturated carbocycles. The van der Waals surface area contributed by atoms with Crippen LogP contribution in [-0.2, 0) is 0 Å². The van der Waals surface area contributed by atoms with Gasteiger partial charge in [-0.1, -0.05) is 31.1 Å². The first-order chi connectivity index (χ1) is 9.36. The molecular weight excluding hydrogens is 254 g/mol. The second-order valence-electron chi connectivity index (χ2n) is 5.51. The lowest BCUT2D eigenvalue weighted by Crippen LogP contribution is -2.39. The van der Waals surface area contributed by atoms with Crippen LogP contribution in [0.3, 0.4) is 0 Å². The highest BCUT2D eigenvalue weighted by Gasteiger charge is 2.19. The van der Waals surface area contributed by atoms with Crippen LogP contribution in [-0.4, -0.2) is 34.4 Å². The summed E-state index contributed by atoms with van der Waals surface area (Å²) in [5.41, 5.74) is 6.69. The molecule has 5 heteroatoms. The molecule has 1 rings (SSSR count). The molecule has 0 aliphatic heterocycles. The maximum absolute atomic E-state index is 12.5. The maximum atomic E-state index is 12.5. The monoisotopic (exact) mass is 277 g/mol. The number of carbonyl (C=O) groups is 1. The van der Waals surface area contributed by atoms with Crippen molar-refractivity contribution >= 4 is 11.7 Å². The maximum Gasteiger partial charge on any atom is 0.254 e. The predicted octanol–water partition coefficient (Wildman–Crippen LogP) is 2.29. The second kappa shape index (κ2) is 6.93. The Morgan fingerprint density at radius 2 is 1.70 bits per heavy atom. The fraction of sp³-hybridized carbons (Fsp3) is 0.467. The molecule has 0 atom stereocenters. The van der Waals surface area contributed by atoms with Crippen LogP contribution in [0.5, 0.6) is 0 Å². The Morgan fingerprint density at radius 3 is 2.10 bits per heavy atom. The topological polar surface area (TPSA) is 78.9 Å². The highest BCUT2D eigenvalue weighted by molar-refractivity contribution is 5.99. The van der Waals surface area contributed by atoms with Crippen molar-refractivity contribution in [2.75, 3.05) is 6.54 Å². The first-order valence-corrected chi connectivity index (χ1v) is 6.75. The SMILES string of the molecule is CC(C)CN(C(=O)c1ccc(C(N)=NO)cc1)C(C)C. The van der Waals surface area contributed by atoms with Crippen LogP contribution in [0.15, 0.2) is 29.4 Å². The Balaban J connectivity index is 2.95. The van der Waals surface area contributed by atoms with Gasteiger partial charge in [0, 0.05) is 23.7 Å². The molecule has 3 N–H and O–H groups in total. The highest BCUT2D eigenvalue weighted by Crippen LogP contribution is 2.12. The van der Waals surface area contributed by atoms with E-state index in [0.717, 1.165) is 6.54 Å². The number of hydrogen-bond acceptors (Lipinski definition) is 3. The van der Waals surface area contributed by atoms with Crippen molar-refractivity contribution in [1.29, 1.82) is 0 Å². The zero-order chi connectivity index (χ0) is 15.3.